The van der Waals surface area contributed by atoms with Crippen LogP contribution in [0.5, 0.6) is 0 Å². The van der Waals surface area contributed by atoms with Crippen molar-refractivity contribution < 1.29 is 9.90 Å². The number of aliphatic hydroxyl groups is 1. The Bertz CT molecular complexity index is 236. The Balaban J connectivity index is 2.16. The number of aliphatic hydroxyl groups excluding tert-OH is 1. The Morgan fingerprint density at radius 1 is 1.36 bits per heavy atom. The van der Waals surface area contributed by atoms with Crippen LogP contribution >= 0.6 is 0 Å². The Kier molecular flexibility index (Phi) is 2.65. The minimum Gasteiger partial charge on any atom is -0.396 e. The number of Topliss-reactive ketones (excluding diaryl/α,β-unsaturated/α-hetero) is 1. The molecule has 2 aliphatic carbocycles. The number of rotatable bonds is 1. The zero-order valence-corrected chi connectivity index (χ0v) is 8.96. The van der Waals surface area contributed by atoms with Gasteiger partial charge in [0.1, 0.15) is 5.78 Å². The number of carbonyl (C=O) groups excluding carboxylic acids is 1. The first-order valence-electron chi connectivity index (χ1n) is 5.82. The molecule has 0 spiro atoms. The van der Waals surface area contributed by atoms with E-state index < -0.39 is 0 Å². The second-order valence-corrected chi connectivity index (χ2v) is 5.27. The van der Waals surface area contributed by atoms with Crippen molar-refractivity contribution in [1.29, 1.82) is 0 Å². The maximum Gasteiger partial charge on any atom is 0.141 e. The van der Waals surface area contributed by atoms with Gasteiger partial charge in [0.2, 0.25) is 0 Å². The van der Waals surface area contributed by atoms with Crippen molar-refractivity contribution in [3.63, 3.8) is 0 Å². The Morgan fingerprint density at radius 3 is 2.86 bits per heavy atom. The standard InChI is InChI=1S/C12H20O2/c1-12-6-3-2-4-10(12)11(14)9(8-13)5-7-12/h9-10,13H,2-8H2,1H3/t9-,10-,12-/m1/s1. The van der Waals surface area contributed by atoms with E-state index in [1.165, 1.54) is 19.3 Å². The van der Waals surface area contributed by atoms with Crippen LogP contribution in [0, 0.1) is 17.3 Å². The number of ketones is 1. The van der Waals surface area contributed by atoms with Gasteiger partial charge in [-0.3, -0.25) is 4.79 Å². The van der Waals surface area contributed by atoms with E-state index in [0.29, 0.717) is 5.78 Å². The molecule has 0 aliphatic heterocycles. The molecule has 0 aromatic carbocycles. The van der Waals surface area contributed by atoms with Crippen LogP contribution in [0.25, 0.3) is 0 Å². The third-order valence-electron chi connectivity index (χ3n) is 4.36. The minimum atomic E-state index is -0.0498. The fourth-order valence-electron chi connectivity index (χ4n) is 3.30. The van der Waals surface area contributed by atoms with Crippen molar-refractivity contribution in [2.24, 2.45) is 17.3 Å². The lowest BCUT2D eigenvalue weighted by Crippen LogP contribution is -2.44. The van der Waals surface area contributed by atoms with Crippen molar-refractivity contribution in [3.8, 4) is 0 Å². The van der Waals surface area contributed by atoms with Gasteiger partial charge in [-0.05, 0) is 31.1 Å². The summed E-state index contributed by atoms with van der Waals surface area (Å²) in [6.07, 6.45) is 6.79. The van der Waals surface area contributed by atoms with E-state index in [-0.39, 0.29) is 23.9 Å². The second kappa shape index (κ2) is 3.65. The molecule has 14 heavy (non-hydrogen) atoms. The lowest BCUT2D eigenvalue weighted by Gasteiger charge is -2.46. The van der Waals surface area contributed by atoms with Crippen molar-refractivity contribution in [3.05, 3.63) is 0 Å². The molecule has 0 saturated heterocycles. The predicted octanol–water partition coefficient (Wildman–Crippen LogP) is 2.15. The molecular weight excluding hydrogens is 176 g/mol. The van der Waals surface area contributed by atoms with Crippen molar-refractivity contribution >= 4 is 5.78 Å². The highest BCUT2D eigenvalue weighted by Crippen LogP contribution is 2.49. The van der Waals surface area contributed by atoms with Gasteiger partial charge >= 0.3 is 0 Å². The Morgan fingerprint density at radius 2 is 2.14 bits per heavy atom. The molecule has 2 heteroatoms. The van der Waals surface area contributed by atoms with E-state index in [0.717, 1.165) is 19.3 Å². The highest BCUT2D eigenvalue weighted by molar-refractivity contribution is 5.85. The van der Waals surface area contributed by atoms with Crippen LogP contribution in [0.3, 0.4) is 0 Å². The van der Waals surface area contributed by atoms with Crippen LogP contribution in [-0.4, -0.2) is 17.5 Å². The van der Waals surface area contributed by atoms with E-state index in [2.05, 4.69) is 6.92 Å². The molecule has 0 bridgehead atoms. The van der Waals surface area contributed by atoms with E-state index >= 15 is 0 Å². The van der Waals surface area contributed by atoms with Crippen LogP contribution in [-0.2, 0) is 4.79 Å². The molecule has 80 valence electrons. The highest BCUT2D eigenvalue weighted by Gasteiger charge is 2.46. The molecule has 0 unspecified atom stereocenters. The molecule has 3 atom stereocenters. The topological polar surface area (TPSA) is 37.3 Å². The molecule has 2 rings (SSSR count). The maximum absolute atomic E-state index is 12.0. The number of hydrogen-bond donors (Lipinski definition) is 1. The van der Waals surface area contributed by atoms with Crippen LogP contribution in [0.1, 0.15) is 45.4 Å². The fourth-order valence-corrected chi connectivity index (χ4v) is 3.30. The number of carbonyl (C=O) groups is 1. The van der Waals surface area contributed by atoms with Crippen molar-refractivity contribution in [2.45, 2.75) is 45.4 Å². The van der Waals surface area contributed by atoms with Gasteiger partial charge in [-0.25, -0.2) is 0 Å². The first kappa shape index (κ1) is 10.2. The summed E-state index contributed by atoms with van der Waals surface area (Å²) in [6.45, 7) is 2.33. The Hall–Kier alpha value is -0.370. The quantitative estimate of drug-likeness (QED) is 0.697. The average Bonchev–Trinajstić information content (AvgIpc) is 2.18. The summed E-state index contributed by atoms with van der Waals surface area (Å²) in [5.41, 5.74) is 0.265. The summed E-state index contributed by atoms with van der Waals surface area (Å²) < 4.78 is 0. The SMILES string of the molecule is C[C@]12CCCC[C@@H]1C(=O)[C@@H](CO)CC2. The molecule has 0 aromatic heterocycles. The fraction of sp³-hybridized carbons (Fsp3) is 0.917. The van der Waals surface area contributed by atoms with Crippen LogP contribution in [0.2, 0.25) is 0 Å². The lowest BCUT2D eigenvalue weighted by molar-refractivity contribution is -0.139. The minimum absolute atomic E-state index is 0.0498. The first-order valence-corrected chi connectivity index (χ1v) is 5.82. The summed E-state index contributed by atoms with van der Waals surface area (Å²) in [5, 5.41) is 9.11. The molecule has 0 radical (unpaired) electrons. The number of fused-ring (bicyclic) bond motifs is 1. The van der Waals surface area contributed by atoms with Crippen LogP contribution in [0.4, 0.5) is 0 Å². The first-order chi connectivity index (χ1) is 6.67. The molecule has 0 aromatic rings. The zero-order chi connectivity index (χ0) is 10.2. The molecule has 0 amide bonds. The maximum atomic E-state index is 12.0. The van der Waals surface area contributed by atoms with Gasteiger partial charge in [0.25, 0.3) is 0 Å². The van der Waals surface area contributed by atoms with Gasteiger partial charge in [-0.1, -0.05) is 19.8 Å². The average molecular weight is 196 g/mol. The largest absolute Gasteiger partial charge is 0.396 e. The molecule has 2 aliphatic rings. The molecule has 2 saturated carbocycles. The van der Waals surface area contributed by atoms with Crippen molar-refractivity contribution in [2.75, 3.05) is 6.61 Å². The van der Waals surface area contributed by atoms with Crippen LogP contribution < -0.4 is 0 Å². The molecule has 0 heterocycles. The summed E-state index contributed by atoms with van der Waals surface area (Å²) in [4.78, 5) is 12.0. The summed E-state index contributed by atoms with van der Waals surface area (Å²) >= 11 is 0. The Labute approximate surface area is 85.7 Å². The second-order valence-electron chi connectivity index (χ2n) is 5.27. The molecular formula is C12H20O2. The van der Waals surface area contributed by atoms with Gasteiger partial charge in [0.05, 0.1) is 6.61 Å². The van der Waals surface area contributed by atoms with Crippen LogP contribution in [0.15, 0.2) is 0 Å². The van der Waals surface area contributed by atoms with E-state index in [1.54, 1.807) is 0 Å². The third-order valence-corrected chi connectivity index (χ3v) is 4.36. The smallest absolute Gasteiger partial charge is 0.141 e. The highest BCUT2D eigenvalue weighted by atomic mass is 16.3. The van der Waals surface area contributed by atoms with Gasteiger partial charge in [0.15, 0.2) is 0 Å². The third kappa shape index (κ3) is 1.50. The zero-order valence-electron chi connectivity index (χ0n) is 8.96. The predicted molar refractivity (Wildman–Crippen MR) is 54.9 cm³/mol. The van der Waals surface area contributed by atoms with Gasteiger partial charge in [-0.15, -0.1) is 0 Å². The van der Waals surface area contributed by atoms with Crippen molar-refractivity contribution in [1.82, 2.24) is 0 Å². The van der Waals surface area contributed by atoms with Gasteiger partial charge in [0, 0.05) is 11.8 Å². The van der Waals surface area contributed by atoms with E-state index in [1.807, 2.05) is 0 Å². The summed E-state index contributed by atoms with van der Waals surface area (Å²) in [5.74, 6) is 0.550. The lowest BCUT2D eigenvalue weighted by atomic mass is 9.58. The molecule has 2 fully saturated rings. The van der Waals surface area contributed by atoms with E-state index in [9.17, 15) is 4.79 Å². The normalized spacial score (nSPS) is 43.4. The number of hydrogen-bond acceptors (Lipinski definition) is 2. The summed E-state index contributed by atoms with van der Waals surface area (Å²) in [6, 6.07) is 0. The van der Waals surface area contributed by atoms with Gasteiger partial charge < -0.3 is 5.11 Å². The van der Waals surface area contributed by atoms with Gasteiger partial charge in [-0.2, -0.15) is 0 Å². The molecule has 1 N–H and O–H groups in total. The summed E-state index contributed by atoms with van der Waals surface area (Å²) in [7, 11) is 0. The van der Waals surface area contributed by atoms with E-state index in [4.69, 9.17) is 5.11 Å². The molecule has 2 nitrogen and oxygen atoms in total. The monoisotopic (exact) mass is 196 g/mol.